The molecule has 2 rings (SSSR count). The molecule has 0 radical (unpaired) electrons. The summed E-state index contributed by atoms with van der Waals surface area (Å²) in [6.45, 7) is 0. The molecule has 2 heterocycles. The molecule has 12 heavy (non-hydrogen) atoms. The molecule has 1 fully saturated rings. The molecule has 0 aromatic carbocycles. The molecule has 1 spiro atoms. The SMILES string of the molecule is O=C1OP2(=CC=CC=C2)OC1=O. The summed E-state index contributed by atoms with van der Waals surface area (Å²) < 4.78 is 9.62. The molecule has 5 heteroatoms. The van der Waals surface area contributed by atoms with Crippen LogP contribution < -0.4 is 0 Å². The second kappa shape index (κ2) is 2.35. The Kier molecular flexibility index (Phi) is 1.45. The summed E-state index contributed by atoms with van der Waals surface area (Å²) in [6.07, 6.45) is 5.16. The maximum atomic E-state index is 10.7. The van der Waals surface area contributed by atoms with Gasteiger partial charge in [0.05, 0.1) is 0 Å². The topological polar surface area (TPSA) is 52.6 Å². The van der Waals surface area contributed by atoms with Crippen LogP contribution >= 0.6 is 7.34 Å². The first-order chi connectivity index (χ1) is 5.72. The van der Waals surface area contributed by atoms with Crippen molar-refractivity contribution in [2.45, 2.75) is 0 Å². The van der Waals surface area contributed by atoms with Crippen molar-refractivity contribution in [2.75, 3.05) is 0 Å². The fraction of sp³-hybridized carbons (Fsp3) is 0. The van der Waals surface area contributed by atoms with Crippen molar-refractivity contribution < 1.29 is 18.6 Å². The minimum absolute atomic E-state index is 0.903. The molecule has 2 aliphatic rings. The predicted octanol–water partition coefficient (Wildman–Crippen LogP) is 0.820. The lowest BCUT2D eigenvalue weighted by Gasteiger charge is -2.11. The Morgan fingerprint density at radius 1 is 1.00 bits per heavy atom. The molecule has 62 valence electrons. The van der Waals surface area contributed by atoms with E-state index in [2.05, 4.69) is 0 Å². The minimum Gasteiger partial charge on any atom is -0.400 e. The van der Waals surface area contributed by atoms with E-state index in [1.165, 1.54) is 0 Å². The molecule has 2 aliphatic heterocycles. The van der Waals surface area contributed by atoms with Crippen LogP contribution in [0.5, 0.6) is 0 Å². The summed E-state index contributed by atoms with van der Waals surface area (Å²) >= 11 is 0. The number of hydrogen-bond acceptors (Lipinski definition) is 4. The van der Waals surface area contributed by atoms with Crippen molar-refractivity contribution in [3.05, 3.63) is 24.0 Å². The van der Waals surface area contributed by atoms with Gasteiger partial charge >= 0.3 is 11.9 Å². The lowest BCUT2D eigenvalue weighted by Crippen LogP contribution is -2.05. The van der Waals surface area contributed by atoms with Crippen molar-refractivity contribution in [3.63, 3.8) is 0 Å². The van der Waals surface area contributed by atoms with E-state index in [-0.39, 0.29) is 0 Å². The number of carbonyl (C=O) groups is 2. The van der Waals surface area contributed by atoms with Gasteiger partial charge in [-0.25, -0.2) is 9.59 Å². The number of hydrogen-bond donors (Lipinski definition) is 0. The molecular formula is C7H5O4P. The normalized spacial score (nSPS) is 23.7. The van der Waals surface area contributed by atoms with Crippen molar-refractivity contribution in [3.8, 4) is 0 Å². The summed E-state index contributed by atoms with van der Waals surface area (Å²) in [5.74, 6) is 1.41. The lowest BCUT2D eigenvalue weighted by atomic mass is 10.5. The molecule has 0 aromatic heterocycles. The molecule has 0 N–H and O–H groups in total. The van der Waals surface area contributed by atoms with Gasteiger partial charge in [0, 0.05) is 11.6 Å². The van der Waals surface area contributed by atoms with Gasteiger partial charge in [-0.1, -0.05) is 18.2 Å². The Balaban J connectivity index is 2.44. The van der Waals surface area contributed by atoms with E-state index in [4.69, 9.17) is 9.05 Å². The van der Waals surface area contributed by atoms with E-state index in [0.717, 1.165) is 0 Å². The predicted molar refractivity (Wildman–Crippen MR) is 43.4 cm³/mol. The van der Waals surface area contributed by atoms with Gasteiger partial charge in [-0.05, 0) is 0 Å². The largest absolute Gasteiger partial charge is 0.423 e. The summed E-state index contributed by atoms with van der Waals surface area (Å²) in [4.78, 5) is 21.4. The van der Waals surface area contributed by atoms with Crippen LogP contribution in [0.15, 0.2) is 24.0 Å². The lowest BCUT2D eigenvalue weighted by molar-refractivity contribution is -0.150. The van der Waals surface area contributed by atoms with Crippen LogP contribution in [0.25, 0.3) is 0 Å². The highest BCUT2D eigenvalue weighted by molar-refractivity contribution is 7.71. The van der Waals surface area contributed by atoms with Crippen LogP contribution in [-0.4, -0.2) is 17.7 Å². The summed E-state index contributed by atoms with van der Waals surface area (Å²) in [7, 11) is -2.44. The molecule has 0 aromatic rings. The van der Waals surface area contributed by atoms with Crippen LogP contribution in [-0.2, 0) is 18.6 Å². The van der Waals surface area contributed by atoms with Crippen molar-refractivity contribution in [1.29, 1.82) is 0 Å². The Labute approximate surface area is 68.6 Å². The van der Waals surface area contributed by atoms with Crippen LogP contribution in [0, 0.1) is 0 Å². The Morgan fingerprint density at radius 3 is 2.17 bits per heavy atom. The third-order valence-electron chi connectivity index (χ3n) is 1.43. The highest BCUT2D eigenvalue weighted by Crippen LogP contribution is 2.55. The van der Waals surface area contributed by atoms with Gasteiger partial charge in [0.2, 0.25) is 0 Å². The van der Waals surface area contributed by atoms with Crippen LogP contribution in [0.2, 0.25) is 0 Å². The summed E-state index contributed by atoms with van der Waals surface area (Å²) in [6, 6.07) is 0. The van der Waals surface area contributed by atoms with E-state index >= 15 is 0 Å². The first-order valence-corrected chi connectivity index (χ1v) is 5.04. The van der Waals surface area contributed by atoms with Crippen molar-refractivity contribution in [1.82, 2.24) is 0 Å². The molecule has 0 bridgehead atoms. The standard InChI is InChI=1S/C7H5O4P/c8-6-7(9)11-12(10-6)4-2-1-3-5-12/h1-5H. The molecular weight excluding hydrogens is 179 g/mol. The quantitative estimate of drug-likeness (QED) is 0.413. The molecule has 0 saturated carbocycles. The monoisotopic (exact) mass is 184 g/mol. The van der Waals surface area contributed by atoms with Crippen LogP contribution in [0.3, 0.4) is 0 Å². The van der Waals surface area contributed by atoms with Gasteiger partial charge in [0.1, 0.15) is 0 Å². The molecule has 0 atom stereocenters. The zero-order valence-electron chi connectivity index (χ0n) is 5.97. The Bertz CT molecular complexity index is 344. The number of allylic oxidation sites excluding steroid dienone is 3. The maximum Gasteiger partial charge on any atom is 0.423 e. The first-order valence-electron chi connectivity index (χ1n) is 3.28. The maximum absolute atomic E-state index is 10.7. The number of rotatable bonds is 0. The van der Waals surface area contributed by atoms with Gasteiger partial charge in [0.15, 0.2) is 0 Å². The third-order valence-corrected chi connectivity index (χ3v) is 3.51. The minimum atomic E-state index is -2.44. The highest BCUT2D eigenvalue weighted by atomic mass is 31.2. The van der Waals surface area contributed by atoms with E-state index in [1.807, 2.05) is 0 Å². The third kappa shape index (κ3) is 1.01. The number of carbonyl (C=O) groups excluding carboxylic acids is 2. The fourth-order valence-electron chi connectivity index (χ4n) is 0.927. The van der Waals surface area contributed by atoms with Gasteiger partial charge in [-0.2, -0.15) is 0 Å². The zero-order valence-corrected chi connectivity index (χ0v) is 6.86. The molecule has 0 aliphatic carbocycles. The second-order valence-electron chi connectivity index (χ2n) is 2.28. The average Bonchev–Trinajstić information content (AvgIpc) is 2.29. The molecule has 0 amide bonds. The first kappa shape index (κ1) is 7.37. The van der Waals surface area contributed by atoms with Gasteiger partial charge < -0.3 is 9.05 Å². The van der Waals surface area contributed by atoms with E-state index < -0.39 is 19.3 Å². The summed E-state index contributed by atoms with van der Waals surface area (Å²) in [5, 5.41) is 0. The van der Waals surface area contributed by atoms with Crippen molar-refractivity contribution in [2.24, 2.45) is 0 Å². The van der Waals surface area contributed by atoms with E-state index in [9.17, 15) is 9.59 Å². The highest BCUT2D eigenvalue weighted by Gasteiger charge is 2.38. The van der Waals surface area contributed by atoms with Crippen LogP contribution in [0.1, 0.15) is 0 Å². The van der Waals surface area contributed by atoms with E-state index in [1.54, 1.807) is 29.8 Å². The van der Waals surface area contributed by atoms with Crippen LogP contribution in [0.4, 0.5) is 0 Å². The van der Waals surface area contributed by atoms with Crippen molar-refractivity contribution >= 4 is 25.1 Å². The Morgan fingerprint density at radius 2 is 1.67 bits per heavy atom. The molecule has 1 saturated heterocycles. The fourth-order valence-corrected chi connectivity index (χ4v) is 2.65. The van der Waals surface area contributed by atoms with Gasteiger partial charge in [-0.3, -0.25) is 0 Å². The van der Waals surface area contributed by atoms with Gasteiger partial charge in [-0.15, -0.1) is 0 Å². The molecule has 0 unspecified atom stereocenters. The smallest absolute Gasteiger partial charge is 0.400 e. The van der Waals surface area contributed by atoms with Gasteiger partial charge in [0.25, 0.3) is 7.34 Å². The molecule has 4 nitrogen and oxygen atoms in total. The summed E-state index contributed by atoms with van der Waals surface area (Å²) in [5.41, 5.74) is 0. The Hall–Kier alpha value is -1.28. The average molecular weight is 184 g/mol. The van der Waals surface area contributed by atoms with E-state index in [0.29, 0.717) is 0 Å². The zero-order chi connectivity index (χ0) is 8.60. The second-order valence-corrected chi connectivity index (χ2v) is 4.53.